The molecule has 8 nitrogen and oxygen atoms in total. The van der Waals surface area contributed by atoms with Gasteiger partial charge in [0.2, 0.25) is 5.91 Å². The quantitative estimate of drug-likeness (QED) is 0.561. The lowest BCUT2D eigenvalue weighted by atomic mass is 10.2. The van der Waals surface area contributed by atoms with Crippen molar-refractivity contribution >= 4 is 29.3 Å². The van der Waals surface area contributed by atoms with E-state index >= 15 is 0 Å². The number of anilines is 1. The van der Waals surface area contributed by atoms with Crippen molar-refractivity contribution in [3.63, 3.8) is 0 Å². The summed E-state index contributed by atoms with van der Waals surface area (Å²) in [5, 5.41) is 2.70. The Balaban J connectivity index is 1.88. The fraction of sp³-hybridized carbons (Fsp3) is 0.300. The number of likely N-dealkylation sites (N-methyl/N-ethyl adjacent to an activating group) is 1. The molecule has 1 aromatic carbocycles. The molecule has 0 aliphatic heterocycles. The van der Waals surface area contributed by atoms with Crippen LogP contribution in [0.2, 0.25) is 0 Å². The Labute approximate surface area is 162 Å². The van der Waals surface area contributed by atoms with Gasteiger partial charge in [0.25, 0.3) is 5.91 Å². The third-order valence-corrected chi connectivity index (χ3v) is 4.03. The lowest BCUT2D eigenvalue weighted by Gasteiger charge is -2.21. The van der Waals surface area contributed by atoms with Crippen molar-refractivity contribution in [1.82, 2.24) is 9.88 Å². The third kappa shape index (κ3) is 5.54. The highest BCUT2D eigenvalue weighted by Crippen LogP contribution is 2.10. The topological polar surface area (TPSA) is 109 Å². The number of aromatic nitrogens is 1. The first-order chi connectivity index (χ1) is 13.2. The number of esters is 1. The molecule has 0 fully saturated rings. The van der Waals surface area contributed by atoms with Gasteiger partial charge in [0.05, 0.1) is 6.54 Å². The highest BCUT2D eigenvalue weighted by molar-refractivity contribution is 5.98. The van der Waals surface area contributed by atoms with Crippen LogP contribution in [-0.2, 0) is 14.3 Å². The number of ether oxygens (including phenoxy) is 1. The molecule has 0 saturated heterocycles. The number of hydrogen-bond donors (Lipinski definition) is 2. The number of nitrogens with zero attached hydrogens (tertiary/aromatic N) is 1. The summed E-state index contributed by atoms with van der Waals surface area (Å²) in [5.74, 6) is -1.84. The number of nitrogens with one attached hydrogen (secondary N) is 2. The number of aryl methyl sites for hydroxylation is 1. The number of amides is 2. The van der Waals surface area contributed by atoms with Crippen molar-refractivity contribution < 1.29 is 23.9 Å². The van der Waals surface area contributed by atoms with Crippen LogP contribution in [0.5, 0.6) is 0 Å². The molecule has 0 spiro atoms. The zero-order valence-electron chi connectivity index (χ0n) is 16.2. The number of carbonyl (C=O) groups excluding carboxylic acids is 4. The van der Waals surface area contributed by atoms with Crippen LogP contribution >= 0.6 is 0 Å². The van der Waals surface area contributed by atoms with E-state index in [1.165, 1.54) is 38.1 Å². The summed E-state index contributed by atoms with van der Waals surface area (Å²) >= 11 is 0. The Bertz CT molecular complexity index is 886. The minimum atomic E-state index is -1.09. The second-order valence-corrected chi connectivity index (χ2v) is 6.51. The summed E-state index contributed by atoms with van der Waals surface area (Å²) < 4.78 is 5.12. The lowest BCUT2D eigenvalue weighted by molar-refractivity contribution is -0.140. The van der Waals surface area contributed by atoms with E-state index in [0.29, 0.717) is 11.3 Å². The minimum absolute atomic E-state index is 0.0737. The highest BCUT2D eigenvalue weighted by Gasteiger charge is 2.24. The van der Waals surface area contributed by atoms with Crippen molar-refractivity contribution in [2.24, 2.45) is 0 Å². The van der Waals surface area contributed by atoms with Gasteiger partial charge in [0.1, 0.15) is 5.69 Å². The van der Waals surface area contributed by atoms with Gasteiger partial charge in [-0.3, -0.25) is 14.4 Å². The van der Waals surface area contributed by atoms with Crippen LogP contribution in [0.3, 0.4) is 0 Å². The van der Waals surface area contributed by atoms with Gasteiger partial charge in [0.15, 0.2) is 11.9 Å². The van der Waals surface area contributed by atoms with E-state index < -0.39 is 18.0 Å². The van der Waals surface area contributed by atoms with Gasteiger partial charge >= 0.3 is 5.97 Å². The van der Waals surface area contributed by atoms with E-state index in [2.05, 4.69) is 10.3 Å². The molecule has 0 aliphatic carbocycles. The van der Waals surface area contributed by atoms with Gasteiger partial charge in [-0.05, 0) is 39.0 Å². The normalized spacial score (nSPS) is 11.4. The smallest absolute Gasteiger partial charge is 0.355 e. The van der Waals surface area contributed by atoms with Crippen molar-refractivity contribution in [3.05, 3.63) is 53.3 Å². The first-order valence-electron chi connectivity index (χ1n) is 8.69. The van der Waals surface area contributed by atoms with Crippen molar-refractivity contribution in [2.75, 3.05) is 18.9 Å². The Hall–Kier alpha value is -3.42. The molecule has 1 aromatic heterocycles. The monoisotopic (exact) mass is 385 g/mol. The van der Waals surface area contributed by atoms with Crippen LogP contribution in [0.15, 0.2) is 36.5 Å². The number of hydrogen-bond acceptors (Lipinski definition) is 5. The summed E-state index contributed by atoms with van der Waals surface area (Å²) in [5.41, 5.74) is 2.11. The Morgan fingerprint density at radius 2 is 1.82 bits per heavy atom. The molecule has 28 heavy (non-hydrogen) atoms. The maximum atomic E-state index is 12.4. The molecule has 0 saturated carbocycles. The maximum absolute atomic E-state index is 12.4. The summed E-state index contributed by atoms with van der Waals surface area (Å²) in [4.78, 5) is 51.6. The van der Waals surface area contributed by atoms with Gasteiger partial charge in [-0.1, -0.05) is 17.7 Å². The Morgan fingerprint density at radius 1 is 1.18 bits per heavy atom. The van der Waals surface area contributed by atoms with Gasteiger partial charge in [0, 0.05) is 24.5 Å². The zero-order chi connectivity index (χ0) is 20.8. The molecule has 2 N–H and O–H groups in total. The summed E-state index contributed by atoms with van der Waals surface area (Å²) in [6.45, 7) is 4.55. The van der Waals surface area contributed by atoms with E-state index in [9.17, 15) is 19.2 Å². The molecule has 0 bridgehead atoms. The van der Waals surface area contributed by atoms with E-state index in [0.717, 1.165) is 5.56 Å². The van der Waals surface area contributed by atoms with Gasteiger partial charge in [-0.25, -0.2) is 4.79 Å². The number of rotatable bonds is 7. The molecular weight excluding hydrogens is 362 g/mol. The van der Waals surface area contributed by atoms with Crippen LogP contribution in [-0.4, -0.2) is 53.1 Å². The van der Waals surface area contributed by atoms with Gasteiger partial charge in [-0.2, -0.15) is 0 Å². The van der Waals surface area contributed by atoms with E-state index in [1.807, 2.05) is 19.1 Å². The molecule has 0 aliphatic rings. The standard InChI is InChI=1S/C20H23N3O5/c1-12-5-7-16(8-6-12)22-18(25)11-23(4)19(26)14(3)28-20(27)17-9-15(10-21-17)13(2)24/h5-10,14,21H,11H2,1-4H3,(H,22,25)/t14-/m0/s1. The predicted octanol–water partition coefficient (Wildman–Crippen LogP) is 2.17. The maximum Gasteiger partial charge on any atom is 0.355 e. The molecule has 1 heterocycles. The molecule has 1 atom stereocenters. The van der Waals surface area contributed by atoms with Crippen LogP contribution in [0.25, 0.3) is 0 Å². The second-order valence-electron chi connectivity index (χ2n) is 6.51. The number of benzene rings is 1. The first kappa shape index (κ1) is 20.9. The van der Waals surface area contributed by atoms with E-state index in [-0.39, 0.29) is 23.9 Å². The molecule has 0 unspecified atom stereocenters. The van der Waals surface area contributed by atoms with Gasteiger partial charge in [-0.15, -0.1) is 0 Å². The number of carbonyl (C=O) groups is 4. The lowest BCUT2D eigenvalue weighted by Crippen LogP contribution is -2.41. The zero-order valence-corrected chi connectivity index (χ0v) is 16.2. The van der Waals surface area contributed by atoms with Crippen molar-refractivity contribution in [2.45, 2.75) is 26.9 Å². The number of ketones is 1. The predicted molar refractivity (Wildman–Crippen MR) is 103 cm³/mol. The number of aromatic amines is 1. The first-order valence-corrected chi connectivity index (χ1v) is 8.69. The average molecular weight is 385 g/mol. The minimum Gasteiger partial charge on any atom is -0.448 e. The molecule has 2 amide bonds. The van der Waals surface area contributed by atoms with Crippen molar-refractivity contribution in [3.8, 4) is 0 Å². The summed E-state index contributed by atoms with van der Waals surface area (Å²) in [6, 6.07) is 8.63. The van der Waals surface area contributed by atoms with Crippen LogP contribution < -0.4 is 5.32 Å². The SMILES string of the molecule is CC(=O)c1c[nH]c(C(=O)O[C@@H](C)C(=O)N(C)CC(=O)Nc2ccc(C)cc2)c1. The fourth-order valence-corrected chi connectivity index (χ4v) is 2.43. The molecule has 148 valence electrons. The third-order valence-electron chi connectivity index (χ3n) is 4.03. The highest BCUT2D eigenvalue weighted by atomic mass is 16.5. The number of Topliss-reactive ketones (excluding diaryl/α,β-unsaturated/α-hetero) is 1. The number of H-pyrrole nitrogens is 1. The fourth-order valence-electron chi connectivity index (χ4n) is 2.43. The Kier molecular flexibility index (Phi) is 6.70. The molecular formula is C20H23N3O5. The summed E-state index contributed by atoms with van der Waals surface area (Å²) in [7, 11) is 1.45. The van der Waals surface area contributed by atoms with Crippen molar-refractivity contribution in [1.29, 1.82) is 0 Å². The van der Waals surface area contributed by atoms with Crippen LogP contribution in [0.4, 0.5) is 5.69 Å². The molecule has 0 radical (unpaired) electrons. The van der Waals surface area contributed by atoms with E-state index in [4.69, 9.17) is 4.74 Å². The van der Waals surface area contributed by atoms with Crippen LogP contribution in [0.1, 0.15) is 40.3 Å². The van der Waals surface area contributed by atoms with E-state index in [1.54, 1.807) is 12.1 Å². The molecule has 8 heteroatoms. The summed E-state index contributed by atoms with van der Waals surface area (Å²) in [6.07, 6.45) is 0.307. The molecule has 2 rings (SSSR count). The Morgan fingerprint density at radius 3 is 2.39 bits per heavy atom. The van der Waals surface area contributed by atoms with Crippen LogP contribution in [0, 0.1) is 6.92 Å². The molecule has 2 aromatic rings. The second kappa shape index (κ2) is 8.98. The average Bonchev–Trinajstić information content (AvgIpc) is 3.13. The largest absolute Gasteiger partial charge is 0.448 e. The van der Waals surface area contributed by atoms with Gasteiger partial charge < -0.3 is 19.9 Å².